The van der Waals surface area contributed by atoms with Crippen LogP contribution in [0.4, 0.5) is 5.82 Å². The maximum absolute atomic E-state index is 4.23. The second-order valence-electron chi connectivity index (χ2n) is 2.63. The Labute approximate surface area is 84.3 Å². The van der Waals surface area contributed by atoms with Crippen molar-refractivity contribution in [3.63, 3.8) is 0 Å². The number of fused-ring (bicyclic) bond motifs is 1. The van der Waals surface area contributed by atoms with Gasteiger partial charge in [-0.3, -0.25) is 4.98 Å². The molecule has 2 aromatic heterocycles. The zero-order valence-electron chi connectivity index (χ0n) is 7.08. The Morgan fingerprint density at radius 2 is 2.15 bits per heavy atom. The standard InChI is InChI=1S/C9H8BrN3/c1-11-9-7-4-12-3-2-6(7)8(10)5-13-9/h2-5H,1H3,(H,11,13). The average molecular weight is 238 g/mol. The molecule has 0 aromatic carbocycles. The summed E-state index contributed by atoms with van der Waals surface area (Å²) in [6.07, 6.45) is 5.36. The summed E-state index contributed by atoms with van der Waals surface area (Å²) >= 11 is 3.44. The van der Waals surface area contributed by atoms with Gasteiger partial charge in [-0.1, -0.05) is 0 Å². The number of halogens is 1. The predicted molar refractivity (Wildman–Crippen MR) is 56.8 cm³/mol. The van der Waals surface area contributed by atoms with Gasteiger partial charge in [0.05, 0.1) is 0 Å². The highest BCUT2D eigenvalue weighted by atomic mass is 79.9. The van der Waals surface area contributed by atoms with Crippen LogP contribution in [0, 0.1) is 0 Å². The van der Waals surface area contributed by atoms with Gasteiger partial charge in [-0.15, -0.1) is 0 Å². The number of hydrogen-bond donors (Lipinski definition) is 1. The fraction of sp³-hybridized carbons (Fsp3) is 0.111. The summed E-state index contributed by atoms with van der Waals surface area (Å²) in [5.41, 5.74) is 0. The number of nitrogens with zero attached hydrogens (tertiary/aromatic N) is 2. The molecule has 13 heavy (non-hydrogen) atoms. The zero-order valence-corrected chi connectivity index (χ0v) is 8.67. The van der Waals surface area contributed by atoms with Crippen molar-refractivity contribution in [3.05, 3.63) is 29.1 Å². The lowest BCUT2D eigenvalue weighted by molar-refractivity contribution is 1.28. The van der Waals surface area contributed by atoms with Gasteiger partial charge in [0.1, 0.15) is 5.82 Å². The molecule has 0 spiro atoms. The predicted octanol–water partition coefficient (Wildman–Crippen LogP) is 2.43. The van der Waals surface area contributed by atoms with E-state index in [9.17, 15) is 0 Å². The lowest BCUT2D eigenvalue weighted by Crippen LogP contribution is -1.93. The molecule has 0 aliphatic rings. The minimum Gasteiger partial charge on any atom is -0.373 e. The van der Waals surface area contributed by atoms with Gasteiger partial charge in [0.2, 0.25) is 0 Å². The molecule has 66 valence electrons. The monoisotopic (exact) mass is 237 g/mol. The van der Waals surface area contributed by atoms with Gasteiger partial charge in [-0.25, -0.2) is 4.98 Å². The van der Waals surface area contributed by atoms with Crippen LogP contribution in [0.1, 0.15) is 0 Å². The Morgan fingerprint density at radius 1 is 1.31 bits per heavy atom. The minimum absolute atomic E-state index is 0.853. The topological polar surface area (TPSA) is 37.8 Å². The van der Waals surface area contributed by atoms with Crippen LogP contribution < -0.4 is 5.32 Å². The van der Waals surface area contributed by atoms with Crippen molar-refractivity contribution in [2.24, 2.45) is 0 Å². The Kier molecular flexibility index (Phi) is 2.14. The quantitative estimate of drug-likeness (QED) is 0.829. The van der Waals surface area contributed by atoms with E-state index in [0.717, 1.165) is 21.1 Å². The highest BCUT2D eigenvalue weighted by Crippen LogP contribution is 2.26. The highest BCUT2D eigenvalue weighted by molar-refractivity contribution is 9.10. The van der Waals surface area contributed by atoms with Gasteiger partial charge in [0.25, 0.3) is 0 Å². The minimum atomic E-state index is 0.853. The van der Waals surface area contributed by atoms with Gasteiger partial charge in [-0.05, 0) is 22.0 Å². The lowest BCUT2D eigenvalue weighted by atomic mass is 10.2. The summed E-state index contributed by atoms with van der Waals surface area (Å²) in [7, 11) is 1.85. The Bertz CT molecular complexity index is 442. The average Bonchev–Trinajstić information content (AvgIpc) is 2.19. The molecule has 3 nitrogen and oxygen atoms in total. The van der Waals surface area contributed by atoms with Crippen LogP contribution in [0.25, 0.3) is 10.8 Å². The van der Waals surface area contributed by atoms with E-state index >= 15 is 0 Å². The van der Waals surface area contributed by atoms with Gasteiger partial charge < -0.3 is 5.32 Å². The molecule has 0 bridgehead atoms. The maximum Gasteiger partial charge on any atom is 0.135 e. The zero-order chi connectivity index (χ0) is 9.26. The Hall–Kier alpha value is -1.16. The van der Waals surface area contributed by atoms with Crippen molar-refractivity contribution in [3.8, 4) is 0 Å². The summed E-state index contributed by atoms with van der Waals surface area (Å²) in [5.74, 6) is 0.853. The van der Waals surface area contributed by atoms with E-state index in [0.29, 0.717) is 0 Å². The summed E-state index contributed by atoms with van der Waals surface area (Å²) in [6, 6.07) is 1.96. The highest BCUT2D eigenvalue weighted by Gasteiger charge is 2.03. The first-order chi connectivity index (χ1) is 6.33. The second kappa shape index (κ2) is 3.30. The molecular weight excluding hydrogens is 230 g/mol. The van der Waals surface area contributed by atoms with Crippen molar-refractivity contribution in [1.29, 1.82) is 0 Å². The van der Waals surface area contributed by atoms with Crippen molar-refractivity contribution >= 4 is 32.5 Å². The molecule has 0 amide bonds. The van der Waals surface area contributed by atoms with Gasteiger partial charge in [0.15, 0.2) is 0 Å². The van der Waals surface area contributed by atoms with Gasteiger partial charge >= 0.3 is 0 Å². The first kappa shape index (κ1) is 8.44. The van der Waals surface area contributed by atoms with E-state index in [-0.39, 0.29) is 0 Å². The molecule has 4 heteroatoms. The summed E-state index contributed by atoms with van der Waals surface area (Å²) in [4.78, 5) is 8.29. The number of rotatable bonds is 1. The largest absolute Gasteiger partial charge is 0.373 e. The third-order valence-corrected chi connectivity index (χ3v) is 2.51. The molecule has 0 atom stereocenters. The molecule has 2 rings (SSSR count). The number of nitrogens with one attached hydrogen (secondary N) is 1. The van der Waals surface area contributed by atoms with Crippen LogP contribution in [0.15, 0.2) is 29.1 Å². The van der Waals surface area contributed by atoms with Gasteiger partial charge in [-0.2, -0.15) is 0 Å². The van der Waals surface area contributed by atoms with Crippen molar-refractivity contribution in [2.45, 2.75) is 0 Å². The third kappa shape index (κ3) is 1.37. The van der Waals surface area contributed by atoms with Crippen molar-refractivity contribution < 1.29 is 0 Å². The first-order valence-electron chi connectivity index (χ1n) is 3.89. The van der Waals surface area contributed by atoms with E-state index in [1.807, 2.05) is 13.1 Å². The normalized spacial score (nSPS) is 10.3. The van der Waals surface area contributed by atoms with Crippen LogP contribution in [0.3, 0.4) is 0 Å². The number of aromatic nitrogens is 2. The molecule has 1 N–H and O–H groups in total. The van der Waals surface area contributed by atoms with Gasteiger partial charge in [0, 0.05) is 40.9 Å². The molecule has 0 fully saturated rings. The second-order valence-corrected chi connectivity index (χ2v) is 3.48. The Balaban J connectivity index is 2.84. The number of hydrogen-bond acceptors (Lipinski definition) is 3. The van der Waals surface area contributed by atoms with Crippen molar-refractivity contribution in [1.82, 2.24) is 9.97 Å². The third-order valence-electron chi connectivity index (χ3n) is 1.88. The molecule has 0 unspecified atom stereocenters. The smallest absolute Gasteiger partial charge is 0.135 e. The van der Waals surface area contributed by atoms with E-state index in [4.69, 9.17) is 0 Å². The van der Waals surface area contributed by atoms with Crippen LogP contribution in [-0.2, 0) is 0 Å². The summed E-state index contributed by atoms with van der Waals surface area (Å²) in [5, 5.41) is 5.17. The molecule has 0 radical (unpaired) electrons. The lowest BCUT2D eigenvalue weighted by Gasteiger charge is -2.04. The molecule has 0 aliphatic carbocycles. The van der Waals surface area contributed by atoms with Crippen LogP contribution >= 0.6 is 15.9 Å². The SMILES string of the molecule is CNc1ncc(Br)c2ccncc12. The number of pyridine rings is 2. The Morgan fingerprint density at radius 3 is 2.92 bits per heavy atom. The van der Waals surface area contributed by atoms with E-state index in [1.54, 1.807) is 18.6 Å². The van der Waals surface area contributed by atoms with Crippen LogP contribution in [-0.4, -0.2) is 17.0 Å². The van der Waals surface area contributed by atoms with E-state index in [2.05, 4.69) is 31.2 Å². The molecule has 0 saturated carbocycles. The van der Waals surface area contributed by atoms with Crippen LogP contribution in [0.2, 0.25) is 0 Å². The first-order valence-corrected chi connectivity index (χ1v) is 4.68. The molecular formula is C9H8BrN3. The molecule has 2 aromatic rings. The molecule has 2 heterocycles. The van der Waals surface area contributed by atoms with E-state index in [1.165, 1.54) is 0 Å². The maximum atomic E-state index is 4.23. The fourth-order valence-corrected chi connectivity index (χ4v) is 1.70. The number of anilines is 1. The van der Waals surface area contributed by atoms with E-state index < -0.39 is 0 Å². The van der Waals surface area contributed by atoms with Crippen LogP contribution in [0.5, 0.6) is 0 Å². The molecule has 0 aliphatic heterocycles. The fourth-order valence-electron chi connectivity index (χ4n) is 1.25. The molecule has 0 saturated heterocycles. The summed E-state index contributed by atoms with van der Waals surface area (Å²) in [6.45, 7) is 0. The van der Waals surface area contributed by atoms with Crippen molar-refractivity contribution in [2.75, 3.05) is 12.4 Å². The summed E-state index contributed by atoms with van der Waals surface area (Å²) < 4.78 is 0.990.